The second kappa shape index (κ2) is 9.03. The van der Waals surface area contributed by atoms with Crippen molar-refractivity contribution in [3.63, 3.8) is 0 Å². The molecule has 1 unspecified atom stereocenters. The summed E-state index contributed by atoms with van der Waals surface area (Å²) < 4.78 is 2.01. The van der Waals surface area contributed by atoms with Gasteiger partial charge < -0.3 is 15.7 Å². The van der Waals surface area contributed by atoms with Crippen LogP contribution in [0.3, 0.4) is 0 Å². The Bertz CT molecular complexity index is 1260. The number of rotatable bonds is 8. The maximum absolute atomic E-state index is 12.3. The second-order valence-electron chi connectivity index (χ2n) is 8.45. The van der Waals surface area contributed by atoms with Crippen LogP contribution in [0.4, 0.5) is 5.82 Å². The molecule has 2 heterocycles. The Morgan fingerprint density at radius 2 is 1.88 bits per heavy atom. The van der Waals surface area contributed by atoms with E-state index in [4.69, 9.17) is 4.98 Å². The molecule has 168 valence electrons. The maximum atomic E-state index is 12.3. The van der Waals surface area contributed by atoms with Crippen molar-refractivity contribution >= 4 is 17.4 Å². The molecule has 0 spiro atoms. The van der Waals surface area contributed by atoms with E-state index in [2.05, 4.69) is 15.6 Å². The van der Waals surface area contributed by atoms with Crippen molar-refractivity contribution in [2.24, 2.45) is 0 Å². The molecule has 1 amide bonds. The highest BCUT2D eigenvalue weighted by Gasteiger charge is 2.23. The predicted octanol–water partition coefficient (Wildman–Crippen LogP) is 4.14. The quantitative estimate of drug-likeness (QED) is 0.382. The highest BCUT2D eigenvalue weighted by atomic mass is 16.3. The Morgan fingerprint density at radius 3 is 2.58 bits per heavy atom. The molecule has 7 nitrogen and oxygen atoms in total. The van der Waals surface area contributed by atoms with Crippen molar-refractivity contribution in [1.29, 1.82) is 0 Å². The number of fused-ring (bicyclic) bond motifs is 1. The molecule has 1 saturated carbocycles. The van der Waals surface area contributed by atoms with Crippen LogP contribution in [0.1, 0.15) is 36.5 Å². The summed E-state index contributed by atoms with van der Waals surface area (Å²) in [5, 5.41) is 16.3. The molecular formula is C26H27N5O2. The minimum Gasteiger partial charge on any atom is -0.391 e. The third kappa shape index (κ3) is 4.59. The first-order valence-electron chi connectivity index (χ1n) is 11.4. The summed E-state index contributed by atoms with van der Waals surface area (Å²) in [4.78, 5) is 21.7. The van der Waals surface area contributed by atoms with Crippen molar-refractivity contribution in [1.82, 2.24) is 19.7 Å². The third-order valence-corrected chi connectivity index (χ3v) is 5.89. The number of hydrogen-bond donors (Lipinski definition) is 3. The molecule has 0 bridgehead atoms. The summed E-state index contributed by atoms with van der Waals surface area (Å²) in [7, 11) is 0. The van der Waals surface area contributed by atoms with Crippen LogP contribution in [0.25, 0.3) is 28.2 Å². The Kier molecular flexibility index (Phi) is 5.79. The minimum absolute atomic E-state index is 0.0290. The van der Waals surface area contributed by atoms with E-state index in [1.807, 2.05) is 78.3 Å². The number of carbonyl (C=O) groups is 1. The Morgan fingerprint density at radius 1 is 1.12 bits per heavy atom. The fraction of sp³-hybridized carbons (Fsp3) is 0.269. The van der Waals surface area contributed by atoms with E-state index in [9.17, 15) is 9.90 Å². The van der Waals surface area contributed by atoms with E-state index in [0.29, 0.717) is 36.0 Å². The van der Waals surface area contributed by atoms with Crippen molar-refractivity contribution in [3.05, 3.63) is 72.6 Å². The molecule has 2 aromatic carbocycles. The van der Waals surface area contributed by atoms with Crippen LogP contribution >= 0.6 is 0 Å². The van der Waals surface area contributed by atoms with Crippen molar-refractivity contribution in [2.75, 3.05) is 11.9 Å². The maximum Gasteiger partial charge on any atom is 0.251 e. The number of carbonyl (C=O) groups excluding carboxylic acids is 1. The molecule has 4 aromatic rings. The summed E-state index contributed by atoms with van der Waals surface area (Å²) in [6.45, 7) is 2.34. The summed E-state index contributed by atoms with van der Waals surface area (Å²) in [6, 6.07) is 17.9. The third-order valence-electron chi connectivity index (χ3n) is 5.89. The normalized spacial score (nSPS) is 14.2. The standard InChI is InChI=1S/C26H27N5O2/c1-2-21(32)14-27-24-25-28-15-23(31(25)16-22(30-24)17-6-4-3-5-7-17)18-8-10-19(11-9-18)26(33)29-20-12-13-20/h3-11,15-16,20-21,32H,2,12-14H2,1H3,(H,27,30)(H,29,33). The molecule has 7 heteroatoms. The fourth-order valence-electron chi connectivity index (χ4n) is 3.72. The highest BCUT2D eigenvalue weighted by molar-refractivity contribution is 5.95. The molecule has 3 N–H and O–H groups in total. The number of hydrogen-bond acceptors (Lipinski definition) is 5. The molecule has 1 aliphatic carbocycles. The first-order valence-corrected chi connectivity index (χ1v) is 11.4. The van der Waals surface area contributed by atoms with Gasteiger partial charge in [0.05, 0.1) is 23.7 Å². The van der Waals surface area contributed by atoms with Gasteiger partial charge in [0, 0.05) is 35.5 Å². The fourth-order valence-corrected chi connectivity index (χ4v) is 3.72. The zero-order chi connectivity index (χ0) is 22.8. The van der Waals surface area contributed by atoms with E-state index in [1.54, 1.807) is 0 Å². The predicted molar refractivity (Wildman–Crippen MR) is 129 cm³/mol. The van der Waals surface area contributed by atoms with Gasteiger partial charge in [0.2, 0.25) is 0 Å². The van der Waals surface area contributed by atoms with Gasteiger partial charge in [-0.1, -0.05) is 49.4 Å². The van der Waals surface area contributed by atoms with Gasteiger partial charge in [-0.15, -0.1) is 0 Å². The van der Waals surface area contributed by atoms with E-state index in [0.717, 1.165) is 35.4 Å². The average molecular weight is 442 g/mol. The lowest BCUT2D eigenvalue weighted by Gasteiger charge is -2.13. The monoisotopic (exact) mass is 441 g/mol. The Labute approximate surface area is 192 Å². The number of anilines is 1. The van der Waals surface area contributed by atoms with Crippen LogP contribution in [0, 0.1) is 0 Å². The van der Waals surface area contributed by atoms with Gasteiger partial charge in [0.25, 0.3) is 5.91 Å². The molecule has 0 radical (unpaired) electrons. The molecular weight excluding hydrogens is 414 g/mol. The number of imidazole rings is 1. The van der Waals surface area contributed by atoms with Gasteiger partial charge in [0.1, 0.15) is 0 Å². The zero-order valence-electron chi connectivity index (χ0n) is 18.5. The van der Waals surface area contributed by atoms with Gasteiger partial charge in [-0.25, -0.2) is 9.97 Å². The number of benzene rings is 2. The number of aromatic nitrogens is 3. The molecule has 1 atom stereocenters. The topological polar surface area (TPSA) is 91.5 Å². The molecule has 2 aromatic heterocycles. The first-order chi connectivity index (χ1) is 16.1. The molecule has 1 fully saturated rings. The summed E-state index contributed by atoms with van der Waals surface area (Å²) >= 11 is 0. The van der Waals surface area contributed by atoms with Crippen LogP contribution in [-0.4, -0.2) is 44.1 Å². The minimum atomic E-state index is -0.462. The number of aliphatic hydroxyl groups excluding tert-OH is 1. The SMILES string of the molecule is CCC(O)CNc1nc(-c2ccccc2)cn2c(-c3ccc(C(=O)NC4CC4)cc3)cnc12. The number of nitrogens with one attached hydrogen (secondary N) is 2. The zero-order valence-corrected chi connectivity index (χ0v) is 18.5. The number of aliphatic hydroxyl groups is 1. The van der Waals surface area contributed by atoms with E-state index < -0.39 is 6.10 Å². The highest BCUT2D eigenvalue weighted by Crippen LogP contribution is 2.28. The lowest BCUT2D eigenvalue weighted by molar-refractivity contribution is 0.0951. The molecule has 33 heavy (non-hydrogen) atoms. The van der Waals surface area contributed by atoms with E-state index in [-0.39, 0.29) is 5.91 Å². The molecule has 0 saturated heterocycles. The van der Waals surface area contributed by atoms with Gasteiger partial charge in [-0.3, -0.25) is 9.20 Å². The average Bonchev–Trinajstić information content (AvgIpc) is 3.57. The van der Waals surface area contributed by atoms with E-state index in [1.165, 1.54) is 0 Å². The van der Waals surface area contributed by atoms with Crippen LogP contribution in [-0.2, 0) is 0 Å². The molecule has 0 aliphatic heterocycles. The van der Waals surface area contributed by atoms with Gasteiger partial charge in [0.15, 0.2) is 11.5 Å². The van der Waals surface area contributed by atoms with Crippen LogP contribution in [0.5, 0.6) is 0 Å². The lowest BCUT2D eigenvalue weighted by atomic mass is 10.1. The summed E-state index contributed by atoms with van der Waals surface area (Å²) in [5.74, 6) is 0.592. The van der Waals surface area contributed by atoms with Crippen LogP contribution in [0.2, 0.25) is 0 Å². The Hall–Kier alpha value is -3.71. The largest absolute Gasteiger partial charge is 0.391 e. The van der Waals surface area contributed by atoms with Crippen molar-refractivity contribution < 1.29 is 9.90 Å². The van der Waals surface area contributed by atoms with Gasteiger partial charge in [-0.2, -0.15) is 0 Å². The number of nitrogens with zero attached hydrogens (tertiary/aromatic N) is 3. The second-order valence-corrected chi connectivity index (χ2v) is 8.45. The smallest absolute Gasteiger partial charge is 0.251 e. The molecule has 5 rings (SSSR count). The molecule has 1 aliphatic rings. The Balaban J connectivity index is 1.53. The first kappa shape index (κ1) is 21.2. The van der Waals surface area contributed by atoms with Crippen molar-refractivity contribution in [2.45, 2.75) is 38.3 Å². The summed E-state index contributed by atoms with van der Waals surface area (Å²) in [5.41, 5.74) is 4.99. The van der Waals surface area contributed by atoms with Gasteiger partial charge >= 0.3 is 0 Å². The van der Waals surface area contributed by atoms with Crippen molar-refractivity contribution in [3.8, 4) is 22.5 Å². The van der Waals surface area contributed by atoms with E-state index >= 15 is 0 Å². The van der Waals surface area contributed by atoms with Gasteiger partial charge in [-0.05, 0) is 31.4 Å². The number of amides is 1. The van der Waals surface area contributed by atoms with Crippen LogP contribution in [0.15, 0.2) is 67.0 Å². The summed E-state index contributed by atoms with van der Waals surface area (Å²) in [6.07, 6.45) is 6.11. The lowest BCUT2D eigenvalue weighted by Crippen LogP contribution is -2.25. The van der Waals surface area contributed by atoms with Crippen LogP contribution < -0.4 is 10.6 Å².